The summed E-state index contributed by atoms with van der Waals surface area (Å²) in [7, 11) is 1.69. The van der Waals surface area contributed by atoms with Crippen molar-refractivity contribution in [3.63, 3.8) is 0 Å². The molecule has 1 aromatic carbocycles. The molecule has 1 N–H and O–H groups in total. The normalized spacial score (nSPS) is 17.0. The molecule has 4 nitrogen and oxygen atoms in total. The van der Waals surface area contributed by atoms with Crippen LogP contribution in [0.15, 0.2) is 18.2 Å². The molecule has 2 saturated carbocycles. The van der Waals surface area contributed by atoms with Crippen molar-refractivity contribution in [2.75, 3.05) is 18.9 Å². The fourth-order valence-electron chi connectivity index (χ4n) is 3.20. The summed E-state index contributed by atoms with van der Waals surface area (Å²) in [4.78, 5) is 26.1. The molecule has 2 aliphatic rings. The first kappa shape index (κ1) is 17.6. The van der Waals surface area contributed by atoms with Gasteiger partial charge >= 0.3 is 0 Å². The minimum atomic E-state index is -0.237. The summed E-state index contributed by atoms with van der Waals surface area (Å²) in [5.41, 5.74) is 0.573. The zero-order valence-corrected chi connectivity index (χ0v) is 15.2. The largest absolute Gasteiger partial charge is 0.336 e. The van der Waals surface area contributed by atoms with Crippen LogP contribution < -0.4 is 5.32 Å². The molecule has 0 atom stereocenters. The van der Waals surface area contributed by atoms with Crippen molar-refractivity contribution >= 4 is 40.7 Å². The first-order valence-corrected chi connectivity index (χ1v) is 9.18. The van der Waals surface area contributed by atoms with Gasteiger partial charge in [-0.2, -0.15) is 0 Å². The van der Waals surface area contributed by atoms with Crippen molar-refractivity contribution < 1.29 is 9.59 Å². The van der Waals surface area contributed by atoms with Gasteiger partial charge in [0.2, 0.25) is 11.8 Å². The Kier molecular flexibility index (Phi) is 5.36. The molecular weight excluding hydrogens is 347 g/mol. The van der Waals surface area contributed by atoms with Crippen LogP contribution >= 0.6 is 23.2 Å². The van der Waals surface area contributed by atoms with E-state index < -0.39 is 0 Å². The smallest absolute Gasteiger partial charge is 0.243 e. The monoisotopic (exact) mass is 368 g/mol. The molecule has 0 aliphatic heterocycles. The van der Waals surface area contributed by atoms with E-state index >= 15 is 0 Å². The van der Waals surface area contributed by atoms with Crippen LogP contribution in [0.4, 0.5) is 5.69 Å². The third kappa shape index (κ3) is 4.64. The Morgan fingerprint density at radius 1 is 1.17 bits per heavy atom. The third-order valence-electron chi connectivity index (χ3n) is 4.88. The van der Waals surface area contributed by atoms with Crippen molar-refractivity contribution in [1.82, 2.24) is 4.90 Å². The highest BCUT2D eigenvalue weighted by Gasteiger charge is 2.42. The van der Waals surface area contributed by atoms with E-state index in [-0.39, 0.29) is 18.4 Å². The summed E-state index contributed by atoms with van der Waals surface area (Å²) in [5.74, 6) is 1.82. The molecule has 2 amide bonds. The van der Waals surface area contributed by atoms with Gasteiger partial charge in [-0.25, -0.2) is 0 Å². The molecule has 1 aromatic rings. The summed E-state index contributed by atoms with van der Waals surface area (Å²) in [6.45, 7) is 0.0428. The lowest BCUT2D eigenvalue weighted by Crippen LogP contribution is -2.36. The predicted molar refractivity (Wildman–Crippen MR) is 96.3 cm³/mol. The standard InChI is InChI=1S/C18H22Cl2N2O2/c1-22(18(24)9-14(11-2-3-11)12-4-5-12)10-17(23)21-13-6-7-15(19)16(20)8-13/h6-8,11-12,14H,2-5,9-10H2,1H3,(H,21,23). The Bertz CT molecular complexity index is 630. The first-order chi connectivity index (χ1) is 11.4. The molecule has 3 rings (SSSR count). The van der Waals surface area contributed by atoms with Crippen molar-refractivity contribution in [2.45, 2.75) is 32.1 Å². The van der Waals surface area contributed by atoms with Crippen molar-refractivity contribution in [3.05, 3.63) is 28.2 Å². The Balaban J connectivity index is 1.49. The second-order valence-corrected chi connectivity index (χ2v) is 7.78. The van der Waals surface area contributed by atoms with E-state index in [1.807, 2.05) is 0 Å². The fraction of sp³-hybridized carbons (Fsp3) is 0.556. The number of halogens is 2. The number of benzene rings is 1. The number of hydrogen-bond donors (Lipinski definition) is 1. The van der Waals surface area contributed by atoms with Crippen LogP contribution in [0.3, 0.4) is 0 Å². The molecule has 0 unspecified atom stereocenters. The van der Waals surface area contributed by atoms with Gasteiger partial charge in [-0.3, -0.25) is 9.59 Å². The van der Waals surface area contributed by atoms with Gasteiger partial charge in [0.05, 0.1) is 16.6 Å². The van der Waals surface area contributed by atoms with E-state index in [4.69, 9.17) is 23.2 Å². The van der Waals surface area contributed by atoms with E-state index in [1.165, 1.54) is 30.6 Å². The average molecular weight is 369 g/mol. The zero-order valence-electron chi connectivity index (χ0n) is 13.7. The average Bonchev–Trinajstić information content (AvgIpc) is 3.41. The number of hydrogen-bond acceptors (Lipinski definition) is 2. The number of nitrogens with one attached hydrogen (secondary N) is 1. The Hall–Kier alpha value is -1.26. The number of anilines is 1. The highest BCUT2D eigenvalue weighted by Crippen LogP contribution is 2.50. The minimum absolute atomic E-state index is 0.0428. The van der Waals surface area contributed by atoms with Crippen LogP contribution in [0.2, 0.25) is 10.0 Å². The number of rotatable bonds is 7. The van der Waals surface area contributed by atoms with E-state index in [9.17, 15) is 9.59 Å². The zero-order chi connectivity index (χ0) is 17.3. The van der Waals surface area contributed by atoms with Crippen LogP contribution in [0.5, 0.6) is 0 Å². The number of likely N-dealkylation sites (N-methyl/N-ethyl adjacent to an activating group) is 1. The molecule has 2 aliphatic carbocycles. The second kappa shape index (κ2) is 7.32. The van der Waals surface area contributed by atoms with Gasteiger partial charge in [0.1, 0.15) is 0 Å². The van der Waals surface area contributed by atoms with Gasteiger partial charge in [0.25, 0.3) is 0 Å². The molecule has 6 heteroatoms. The molecule has 0 aromatic heterocycles. The molecule has 0 spiro atoms. The predicted octanol–water partition coefficient (Wildman–Crippen LogP) is 4.22. The molecule has 24 heavy (non-hydrogen) atoms. The summed E-state index contributed by atoms with van der Waals surface area (Å²) in [6, 6.07) is 4.91. The van der Waals surface area contributed by atoms with E-state index in [0.717, 1.165) is 11.8 Å². The van der Waals surface area contributed by atoms with Gasteiger partial charge in [-0.05, 0) is 61.6 Å². The van der Waals surface area contributed by atoms with Crippen molar-refractivity contribution in [2.24, 2.45) is 17.8 Å². The van der Waals surface area contributed by atoms with Crippen LogP contribution in [0.25, 0.3) is 0 Å². The topological polar surface area (TPSA) is 49.4 Å². The van der Waals surface area contributed by atoms with Gasteiger partial charge in [-0.1, -0.05) is 23.2 Å². The number of nitrogens with zero attached hydrogens (tertiary/aromatic N) is 1. The number of amides is 2. The van der Waals surface area contributed by atoms with Gasteiger partial charge in [0, 0.05) is 19.2 Å². The summed E-state index contributed by atoms with van der Waals surface area (Å²) >= 11 is 11.8. The number of carbonyl (C=O) groups excluding carboxylic acids is 2. The minimum Gasteiger partial charge on any atom is -0.336 e. The molecule has 0 heterocycles. The van der Waals surface area contributed by atoms with Crippen LogP contribution in [0.1, 0.15) is 32.1 Å². The van der Waals surface area contributed by atoms with Crippen molar-refractivity contribution in [1.29, 1.82) is 0 Å². The maximum absolute atomic E-state index is 12.4. The molecule has 0 saturated heterocycles. The maximum Gasteiger partial charge on any atom is 0.243 e. The highest BCUT2D eigenvalue weighted by molar-refractivity contribution is 6.42. The van der Waals surface area contributed by atoms with Crippen LogP contribution in [-0.2, 0) is 9.59 Å². The van der Waals surface area contributed by atoms with Gasteiger partial charge in [-0.15, -0.1) is 0 Å². The van der Waals surface area contributed by atoms with E-state index in [0.29, 0.717) is 28.1 Å². The molecule has 2 fully saturated rings. The lowest BCUT2D eigenvalue weighted by atomic mass is 9.93. The van der Waals surface area contributed by atoms with E-state index in [2.05, 4.69) is 5.32 Å². The maximum atomic E-state index is 12.4. The Morgan fingerprint density at radius 3 is 2.33 bits per heavy atom. The second-order valence-electron chi connectivity index (χ2n) is 6.97. The number of carbonyl (C=O) groups is 2. The Morgan fingerprint density at radius 2 is 1.79 bits per heavy atom. The molecular formula is C18H22Cl2N2O2. The quantitative estimate of drug-likeness (QED) is 0.783. The summed E-state index contributed by atoms with van der Waals surface area (Å²) in [5, 5.41) is 3.57. The van der Waals surface area contributed by atoms with E-state index in [1.54, 1.807) is 25.2 Å². The van der Waals surface area contributed by atoms with Crippen LogP contribution in [0, 0.1) is 17.8 Å². The summed E-state index contributed by atoms with van der Waals surface area (Å²) < 4.78 is 0. The highest BCUT2D eigenvalue weighted by atomic mass is 35.5. The van der Waals surface area contributed by atoms with Gasteiger partial charge < -0.3 is 10.2 Å². The molecule has 0 bridgehead atoms. The SMILES string of the molecule is CN(CC(=O)Nc1ccc(Cl)c(Cl)c1)C(=O)CC(C1CC1)C1CC1. The third-order valence-corrected chi connectivity index (χ3v) is 5.61. The lowest BCUT2D eigenvalue weighted by Gasteiger charge is -2.21. The van der Waals surface area contributed by atoms with Crippen LogP contribution in [-0.4, -0.2) is 30.3 Å². The first-order valence-electron chi connectivity index (χ1n) is 8.43. The lowest BCUT2D eigenvalue weighted by molar-refractivity contribution is -0.134. The Labute approximate surface area is 152 Å². The summed E-state index contributed by atoms with van der Waals surface area (Å²) in [6.07, 6.45) is 5.61. The molecule has 130 valence electrons. The van der Waals surface area contributed by atoms with Crippen molar-refractivity contribution in [3.8, 4) is 0 Å². The fourth-order valence-corrected chi connectivity index (χ4v) is 3.50. The molecule has 0 radical (unpaired) electrons. The van der Waals surface area contributed by atoms with Gasteiger partial charge in [0.15, 0.2) is 0 Å².